The highest BCUT2D eigenvalue weighted by molar-refractivity contribution is 5.94. The molecule has 0 spiro atoms. The number of pyridine rings is 1. The molecule has 0 fully saturated rings. The van der Waals surface area contributed by atoms with E-state index in [2.05, 4.69) is 9.97 Å². The van der Waals surface area contributed by atoms with Crippen molar-refractivity contribution in [2.24, 2.45) is 7.05 Å². The van der Waals surface area contributed by atoms with Crippen molar-refractivity contribution in [3.63, 3.8) is 0 Å². The molecule has 21 heavy (non-hydrogen) atoms. The number of esters is 1. The van der Waals surface area contributed by atoms with E-state index in [1.807, 2.05) is 0 Å². The van der Waals surface area contributed by atoms with Crippen LogP contribution in [0.2, 0.25) is 0 Å². The fraction of sp³-hybridized carbons (Fsp3) is 0.385. The molecule has 0 atom stereocenters. The van der Waals surface area contributed by atoms with E-state index in [4.69, 9.17) is 9.47 Å². The number of carbonyl (C=O) groups excluding carboxylic acids is 1. The number of aromatic nitrogens is 3. The molecule has 0 aliphatic carbocycles. The smallest absolute Gasteiger partial charge is 0.340 e. The summed E-state index contributed by atoms with van der Waals surface area (Å²) in [5.41, 5.74) is -0.371. The van der Waals surface area contributed by atoms with Crippen LogP contribution < -0.4 is 11.2 Å². The highest BCUT2D eigenvalue weighted by Gasteiger charge is 2.16. The third kappa shape index (κ3) is 2.84. The third-order valence-corrected chi connectivity index (χ3v) is 3.02. The second kappa shape index (κ2) is 5.88. The Kier molecular flexibility index (Phi) is 4.18. The highest BCUT2D eigenvalue weighted by atomic mass is 16.6. The summed E-state index contributed by atoms with van der Waals surface area (Å²) in [5.74, 6) is -0.591. The maximum atomic E-state index is 11.9. The van der Waals surface area contributed by atoms with Gasteiger partial charge in [0.1, 0.15) is 12.3 Å². The number of methoxy groups -OCH3 is 1. The van der Waals surface area contributed by atoms with Crippen LogP contribution in [0, 0.1) is 6.92 Å². The molecule has 0 unspecified atom stereocenters. The molecule has 8 heteroatoms. The van der Waals surface area contributed by atoms with Gasteiger partial charge in [0.2, 0.25) is 0 Å². The zero-order chi connectivity index (χ0) is 15.6. The zero-order valence-electron chi connectivity index (χ0n) is 11.9. The highest BCUT2D eigenvalue weighted by Crippen LogP contribution is 2.13. The number of hydrogen-bond acceptors (Lipinski definition) is 6. The van der Waals surface area contributed by atoms with Gasteiger partial charge in [0.05, 0.1) is 23.3 Å². The van der Waals surface area contributed by atoms with Gasteiger partial charge in [0.15, 0.2) is 0 Å². The minimum absolute atomic E-state index is 0.108. The van der Waals surface area contributed by atoms with Gasteiger partial charge in [0.25, 0.3) is 5.56 Å². The molecule has 0 aliphatic rings. The van der Waals surface area contributed by atoms with Crippen LogP contribution in [0.1, 0.15) is 16.1 Å². The van der Waals surface area contributed by atoms with Gasteiger partial charge in [-0.05, 0) is 13.0 Å². The lowest BCUT2D eigenvalue weighted by Crippen LogP contribution is -2.29. The van der Waals surface area contributed by atoms with E-state index in [1.165, 1.54) is 24.8 Å². The number of nitrogens with one attached hydrogen (secondary N) is 1. The summed E-state index contributed by atoms with van der Waals surface area (Å²) in [6.45, 7) is 2.00. The van der Waals surface area contributed by atoms with Gasteiger partial charge in [0, 0.05) is 14.2 Å². The van der Waals surface area contributed by atoms with E-state index < -0.39 is 17.2 Å². The Morgan fingerprint density at radius 2 is 2.10 bits per heavy atom. The van der Waals surface area contributed by atoms with Gasteiger partial charge < -0.3 is 9.47 Å². The van der Waals surface area contributed by atoms with Crippen LogP contribution in [-0.2, 0) is 16.5 Å². The Bertz CT molecular complexity index is 806. The van der Waals surface area contributed by atoms with Gasteiger partial charge in [-0.3, -0.25) is 14.3 Å². The van der Waals surface area contributed by atoms with Gasteiger partial charge in [-0.1, -0.05) is 0 Å². The molecule has 2 heterocycles. The van der Waals surface area contributed by atoms with Crippen LogP contribution in [0.4, 0.5) is 0 Å². The molecule has 2 aromatic rings. The van der Waals surface area contributed by atoms with Crippen LogP contribution in [0.5, 0.6) is 0 Å². The number of nitrogens with zero attached hydrogens (tertiary/aromatic N) is 2. The Hall–Kier alpha value is -2.48. The molecule has 2 aromatic heterocycles. The predicted molar refractivity (Wildman–Crippen MR) is 74.5 cm³/mol. The average molecular weight is 293 g/mol. The topological polar surface area (TPSA) is 103 Å². The summed E-state index contributed by atoms with van der Waals surface area (Å²) in [4.78, 5) is 41.6. The number of fused-ring (bicyclic) bond motifs is 1. The summed E-state index contributed by atoms with van der Waals surface area (Å²) >= 11 is 0. The summed E-state index contributed by atoms with van der Waals surface area (Å²) in [6.07, 6.45) is 0. The Labute approximate surface area is 119 Å². The lowest BCUT2D eigenvalue weighted by Gasteiger charge is -2.09. The number of H-pyrrole nitrogens is 1. The lowest BCUT2D eigenvalue weighted by molar-refractivity contribution is 0.0387. The van der Waals surface area contributed by atoms with E-state index in [1.54, 1.807) is 6.92 Å². The molecule has 0 saturated heterocycles. The molecule has 0 saturated carbocycles. The first-order chi connectivity index (χ1) is 9.95. The number of aromatic amines is 1. The van der Waals surface area contributed by atoms with Crippen molar-refractivity contribution >= 4 is 17.0 Å². The van der Waals surface area contributed by atoms with Gasteiger partial charge in [-0.2, -0.15) is 0 Å². The maximum Gasteiger partial charge on any atom is 0.340 e. The summed E-state index contributed by atoms with van der Waals surface area (Å²) in [6, 6.07) is 1.38. The molecule has 8 nitrogen and oxygen atoms in total. The quantitative estimate of drug-likeness (QED) is 0.615. The van der Waals surface area contributed by atoms with E-state index in [-0.39, 0.29) is 29.8 Å². The van der Waals surface area contributed by atoms with Crippen LogP contribution >= 0.6 is 0 Å². The van der Waals surface area contributed by atoms with E-state index >= 15 is 0 Å². The largest absolute Gasteiger partial charge is 0.460 e. The molecular formula is C13H15N3O5. The van der Waals surface area contributed by atoms with Crippen molar-refractivity contribution in [2.45, 2.75) is 6.92 Å². The van der Waals surface area contributed by atoms with Gasteiger partial charge >= 0.3 is 11.7 Å². The molecule has 112 valence electrons. The summed E-state index contributed by atoms with van der Waals surface area (Å²) in [5, 5.41) is 0.154. The third-order valence-electron chi connectivity index (χ3n) is 3.02. The first kappa shape index (κ1) is 14.9. The normalized spacial score (nSPS) is 10.8. The van der Waals surface area contributed by atoms with E-state index in [9.17, 15) is 14.4 Å². The van der Waals surface area contributed by atoms with Gasteiger partial charge in [-0.25, -0.2) is 14.6 Å². The Morgan fingerprint density at radius 3 is 2.76 bits per heavy atom. The number of hydrogen-bond donors (Lipinski definition) is 1. The molecular weight excluding hydrogens is 278 g/mol. The second-order valence-electron chi connectivity index (χ2n) is 4.44. The molecule has 0 aromatic carbocycles. The number of rotatable bonds is 4. The second-order valence-corrected chi connectivity index (χ2v) is 4.44. The predicted octanol–water partition coefficient (Wildman–Crippen LogP) is -0.267. The van der Waals surface area contributed by atoms with Crippen LogP contribution in [0.25, 0.3) is 11.0 Å². The zero-order valence-corrected chi connectivity index (χ0v) is 11.9. The molecule has 1 N–H and O–H groups in total. The van der Waals surface area contributed by atoms with Crippen LogP contribution in [0.3, 0.4) is 0 Å². The molecule has 0 aliphatic heterocycles. The van der Waals surface area contributed by atoms with Crippen molar-refractivity contribution in [3.8, 4) is 0 Å². The summed E-state index contributed by atoms with van der Waals surface area (Å²) < 4.78 is 11.0. The minimum Gasteiger partial charge on any atom is -0.460 e. The average Bonchev–Trinajstić information content (AvgIpc) is 2.44. The molecule has 0 amide bonds. The molecule has 0 radical (unpaired) electrons. The fourth-order valence-electron chi connectivity index (χ4n) is 1.86. The van der Waals surface area contributed by atoms with Crippen LogP contribution in [-0.4, -0.2) is 40.8 Å². The Morgan fingerprint density at radius 1 is 1.38 bits per heavy atom. The maximum absolute atomic E-state index is 11.9. The number of ether oxygens (including phenoxy) is 2. The van der Waals surface area contributed by atoms with Gasteiger partial charge in [-0.15, -0.1) is 0 Å². The standard InChI is InChI=1S/C13H15N3O5/c1-7-8(12(18)21-5-4-20-3)6-9-10(14-7)16(2)13(19)15-11(9)17/h6H,4-5H2,1-3H3,(H,15,17,19). The van der Waals surface area contributed by atoms with Crippen molar-refractivity contribution < 1.29 is 14.3 Å². The number of carbonyl (C=O) groups is 1. The number of aryl methyl sites for hydroxylation is 2. The van der Waals surface area contributed by atoms with Crippen molar-refractivity contribution in [3.05, 3.63) is 38.2 Å². The van der Waals surface area contributed by atoms with Crippen molar-refractivity contribution in [1.82, 2.24) is 14.5 Å². The van der Waals surface area contributed by atoms with E-state index in [0.29, 0.717) is 5.69 Å². The Balaban J connectivity index is 2.53. The van der Waals surface area contributed by atoms with Crippen molar-refractivity contribution in [2.75, 3.05) is 20.3 Å². The fourth-order valence-corrected chi connectivity index (χ4v) is 1.86. The van der Waals surface area contributed by atoms with Crippen molar-refractivity contribution in [1.29, 1.82) is 0 Å². The molecule has 0 bridgehead atoms. The lowest BCUT2D eigenvalue weighted by atomic mass is 10.1. The first-order valence-electron chi connectivity index (χ1n) is 6.22. The summed E-state index contributed by atoms with van der Waals surface area (Å²) in [7, 11) is 2.99. The minimum atomic E-state index is -0.591. The monoisotopic (exact) mass is 293 g/mol. The molecule has 2 rings (SSSR count). The SMILES string of the molecule is COCCOC(=O)c1cc2c(=O)[nH]c(=O)n(C)c2nc1C. The van der Waals surface area contributed by atoms with E-state index in [0.717, 1.165) is 0 Å². The first-order valence-corrected chi connectivity index (χ1v) is 6.22. The van der Waals surface area contributed by atoms with Crippen LogP contribution in [0.15, 0.2) is 15.7 Å².